The predicted molar refractivity (Wildman–Crippen MR) is 110 cm³/mol. The summed E-state index contributed by atoms with van der Waals surface area (Å²) in [6.07, 6.45) is 0.675. The summed E-state index contributed by atoms with van der Waals surface area (Å²) in [5.74, 6) is -0.596. The van der Waals surface area contributed by atoms with Gasteiger partial charge in [0.15, 0.2) is 0 Å². The van der Waals surface area contributed by atoms with Crippen molar-refractivity contribution in [2.24, 2.45) is 0 Å². The molecule has 1 amide bonds. The van der Waals surface area contributed by atoms with Crippen molar-refractivity contribution in [2.45, 2.75) is 19.4 Å². The van der Waals surface area contributed by atoms with Gasteiger partial charge in [-0.05, 0) is 42.3 Å². The molecular weight excluding hydrogens is 394 g/mol. The maximum absolute atomic E-state index is 12.8. The summed E-state index contributed by atoms with van der Waals surface area (Å²) in [4.78, 5) is 27.0. The number of ether oxygens (including phenoxy) is 2. The second-order valence-electron chi connectivity index (χ2n) is 6.61. The molecule has 0 bridgehead atoms. The van der Waals surface area contributed by atoms with Gasteiger partial charge < -0.3 is 19.5 Å². The van der Waals surface area contributed by atoms with Crippen LogP contribution in [0.3, 0.4) is 0 Å². The molecule has 6 nitrogen and oxygen atoms in total. The smallest absolute Gasteiger partial charge is 0.295 e. The lowest BCUT2D eigenvalue weighted by molar-refractivity contribution is -0.139. The molecule has 0 saturated carbocycles. The van der Waals surface area contributed by atoms with Gasteiger partial charge in [-0.3, -0.25) is 9.59 Å². The topological polar surface area (TPSA) is 76.1 Å². The van der Waals surface area contributed by atoms with Gasteiger partial charge in [0.25, 0.3) is 11.7 Å². The Kier molecular flexibility index (Phi) is 6.13. The third kappa shape index (κ3) is 3.80. The van der Waals surface area contributed by atoms with Crippen molar-refractivity contribution >= 4 is 29.1 Å². The fourth-order valence-electron chi connectivity index (χ4n) is 3.45. The number of nitrogens with zero attached hydrogens (tertiary/aromatic N) is 1. The number of likely N-dealkylation sites (tertiary alicyclic amines) is 1. The van der Waals surface area contributed by atoms with E-state index in [0.29, 0.717) is 40.6 Å². The summed E-state index contributed by atoms with van der Waals surface area (Å²) in [7, 11) is 3.02. The Hall–Kier alpha value is -2.99. The number of halogens is 1. The number of aliphatic hydroxyl groups excluding tert-OH is 1. The number of amides is 1. The highest BCUT2D eigenvalue weighted by Crippen LogP contribution is 2.40. The molecular formula is C22H22ClNO5. The first-order valence-electron chi connectivity index (χ1n) is 9.19. The van der Waals surface area contributed by atoms with Gasteiger partial charge in [-0.25, -0.2) is 0 Å². The molecule has 1 heterocycles. The molecule has 1 aliphatic heterocycles. The summed E-state index contributed by atoms with van der Waals surface area (Å²) < 4.78 is 10.4. The van der Waals surface area contributed by atoms with E-state index < -0.39 is 17.7 Å². The van der Waals surface area contributed by atoms with Crippen LogP contribution >= 0.6 is 11.6 Å². The van der Waals surface area contributed by atoms with E-state index in [-0.39, 0.29) is 11.3 Å². The van der Waals surface area contributed by atoms with Gasteiger partial charge in [0.1, 0.15) is 17.3 Å². The van der Waals surface area contributed by atoms with Gasteiger partial charge in [-0.2, -0.15) is 0 Å². The highest BCUT2D eigenvalue weighted by molar-refractivity contribution is 6.46. The normalized spacial score (nSPS) is 18.2. The molecule has 1 saturated heterocycles. The average Bonchev–Trinajstić information content (AvgIpc) is 2.99. The Morgan fingerprint density at radius 2 is 1.79 bits per heavy atom. The van der Waals surface area contributed by atoms with Gasteiger partial charge in [0.2, 0.25) is 0 Å². The first kappa shape index (κ1) is 20.7. The first-order chi connectivity index (χ1) is 13.9. The monoisotopic (exact) mass is 415 g/mol. The van der Waals surface area contributed by atoms with E-state index >= 15 is 0 Å². The van der Waals surface area contributed by atoms with Gasteiger partial charge >= 0.3 is 0 Å². The quantitative estimate of drug-likeness (QED) is 0.435. The van der Waals surface area contributed by atoms with Gasteiger partial charge in [-0.15, -0.1) is 0 Å². The molecule has 1 unspecified atom stereocenters. The fraction of sp³-hybridized carbons (Fsp3) is 0.273. The molecule has 152 valence electrons. The van der Waals surface area contributed by atoms with Gasteiger partial charge in [0.05, 0.1) is 30.9 Å². The molecule has 0 aromatic heterocycles. The van der Waals surface area contributed by atoms with E-state index in [9.17, 15) is 14.7 Å². The molecule has 1 aliphatic rings. The van der Waals surface area contributed by atoms with Crippen LogP contribution in [0.4, 0.5) is 0 Å². The Labute approximate surface area is 174 Å². The third-order valence-corrected chi connectivity index (χ3v) is 5.17. The predicted octanol–water partition coefficient (Wildman–Crippen LogP) is 4.19. The molecule has 0 spiro atoms. The van der Waals surface area contributed by atoms with Crippen molar-refractivity contribution in [2.75, 3.05) is 20.8 Å². The standard InChI is InChI=1S/C22H22ClNO5/c1-4-11-24-19(13-5-8-15(28-2)9-6-13)18(21(26)22(24)27)20(25)14-7-10-16(23)17(12-14)29-3/h5-10,12,19,25H,4,11H2,1-3H3/b20-18-. The van der Waals surface area contributed by atoms with Crippen LogP contribution in [0.1, 0.15) is 30.5 Å². The summed E-state index contributed by atoms with van der Waals surface area (Å²) in [5.41, 5.74) is 1.10. The number of aliphatic hydroxyl groups is 1. The Balaban J connectivity index is 2.17. The van der Waals surface area contributed by atoms with Crippen LogP contribution in [0.2, 0.25) is 5.02 Å². The van der Waals surface area contributed by atoms with Crippen LogP contribution in [-0.4, -0.2) is 42.5 Å². The zero-order valence-electron chi connectivity index (χ0n) is 16.4. The lowest BCUT2D eigenvalue weighted by Crippen LogP contribution is -2.30. The largest absolute Gasteiger partial charge is 0.507 e. The minimum atomic E-state index is -0.717. The number of hydrogen-bond donors (Lipinski definition) is 1. The molecule has 2 aromatic rings. The first-order valence-corrected chi connectivity index (χ1v) is 9.57. The molecule has 3 rings (SSSR count). The number of rotatable bonds is 6. The van der Waals surface area contributed by atoms with E-state index in [1.165, 1.54) is 18.1 Å². The fourth-order valence-corrected chi connectivity index (χ4v) is 3.64. The van der Waals surface area contributed by atoms with E-state index in [4.69, 9.17) is 21.1 Å². The van der Waals surface area contributed by atoms with Crippen molar-refractivity contribution in [3.05, 3.63) is 64.2 Å². The lowest BCUT2D eigenvalue weighted by atomic mass is 9.95. The van der Waals surface area contributed by atoms with Gasteiger partial charge in [0, 0.05) is 12.1 Å². The van der Waals surface area contributed by atoms with Gasteiger partial charge in [-0.1, -0.05) is 30.7 Å². The maximum atomic E-state index is 12.8. The van der Waals surface area contributed by atoms with E-state index in [0.717, 1.165) is 0 Å². The molecule has 1 fully saturated rings. The molecule has 29 heavy (non-hydrogen) atoms. The summed E-state index contributed by atoms with van der Waals surface area (Å²) in [5, 5.41) is 11.4. The number of carbonyl (C=O) groups excluding carboxylic acids is 2. The van der Waals surface area contributed by atoms with Crippen molar-refractivity contribution in [3.8, 4) is 11.5 Å². The highest BCUT2D eigenvalue weighted by Gasteiger charge is 2.45. The molecule has 1 atom stereocenters. The summed E-state index contributed by atoms with van der Waals surface area (Å²) in [6, 6.07) is 11.1. The molecule has 0 aliphatic carbocycles. The summed E-state index contributed by atoms with van der Waals surface area (Å²) in [6.45, 7) is 2.32. The van der Waals surface area contributed by atoms with Crippen LogP contribution in [0.15, 0.2) is 48.0 Å². The Bertz CT molecular complexity index is 968. The summed E-state index contributed by atoms with van der Waals surface area (Å²) >= 11 is 6.07. The Morgan fingerprint density at radius 3 is 2.38 bits per heavy atom. The van der Waals surface area contributed by atoms with E-state index in [1.807, 2.05) is 6.92 Å². The van der Waals surface area contributed by atoms with Crippen LogP contribution in [0, 0.1) is 0 Å². The molecule has 0 radical (unpaired) electrons. The minimum Gasteiger partial charge on any atom is -0.507 e. The number of carbonyl (C=O) groups is 2. The molecule has 7 heteroatoms. The second-order valence-corrected chi connectivity index (χ2v) is 7.02. The van der Waals surface area contributed by atoms with Crippen molar-refractivity contribution in [1.82, 2.24) is 4.90 Å². The minimum absolute atomic E-state index is 0.0398. The van der Waals surface area contributed by atoms with Crippen molar-refractivity contribution < 1.29 is 24.2 Å². The average molecular weight is 416 g/mol. The molecule has 1 N–H and O–H groups in total. The number of benzene rings is 2. The second kappa shape index (κ2) is 8.57. The van der Waals surface area contributed by atoms with Crippen molar-refractivity contribution in [3.63, 3.8) is 0 Å². The number of Topliss-reactive ketones (excluding diaryl/α,β-unsaturated/α-hetero) is 1. The van der Waals surface area contributed by atoms with Crippen molar-refractivity contribution in [1.29, 1.82) is 0 Å². The van der Waals surface area contributed by atoms with Crippen LogP contribution in [-0.2, 0) is 9.59 Å². The molecule has 2 aromatic carbocycles. The zero-order valence-corrected chi connectivity index (χ0v) is 17.2. The zero-order chi connectivity index (χ0) is 21.1. The number of hydrogen-bond acceptors (Lipinski definition) is 5. The van der Waals surface area contributed by atoms with Crippen LogP contribution in [0.5, 0.6) is 11.5 Å². The lowest BCUT2D eigenvalue weighted by Gasteiger charge is -2.25. The maximum Gasteiger partial charge on any atom is 0.295 e. The number of ketones is 1. The van der Waals surface area contributed by atoms with E-state index in [1.54, 1.807) is 43.5 Å². The third-order valence-electron chi connectivity index (χ3n) is 4.86. The van der Waals surface area contributed by atoms with Crippen LogP contribution < -0.4 is 9.47 Å². The van der Waals surface area contributed by atoms with E-state index in [2.05, 4.69) is 0 Å². The highest BCUT2D eigenvalue weighted by atomic mass is 35.5. The number of methoxy groups -OCH3 is 2. The SMILES string of the molecule is CCCN1C(=O)C(=O)/C(=C(\O)c2ccc(Cl)c(OC)c2)C1c1ccc(OC)cc1. The van der Waals surface area contributed by atoms with Crippen LogP contribution in [0.25, 0.3) is 5.76 Å². The Morgan fingerprint density at radius 1 is 1.10 bits per heavy atom.